The van der Waals surface area contributed by atoms with Gasteiger partial charge in [-0.1, -0.05) is 18.0 Å². The molecule has 1 saturated carbocycles. The average Bonchev–Trinajstić information content (AvgIpc) is 2.81. The maximum Gasteiger partial charge on any atom is 0.307 e. The van der Waals surface area contributed by atoms with Gasteiger partial charge in [-0.05, 0) is 19.8 Å². The number of aliphatic carboxylic acids is 1. The van der Waals surface area contributed by atoms with Crippen LogP contribution in [0.1, 0.15) is 37.1 Å². The lowest BCUT2D eigenvalue weighted by Gasteiger charge is -2.27. The van der Waals surface area contributed by atoms with E-state index in [0.717, 1.165) is 12.8 Å². The van der Waals surface area contributed by atoms with Crippen LogP contribution in [0.2, 0.25) is 0 Å². The fraction of sp³-hybridized carbons (Fsp3) is 0.615. The first-order valence-corrected chi connectivity index (χ1v) is 6.50. The Kier molecular flexibility index (Phi) is 4.19. The van der Waals surface area contributed by atoms with E-state index in [-0.39, 0.29) is 12.5 Å². The summed E-state index contributed by atoms with van der Waals surface area (Å²) in [5.41, 5.74) is 0.647. The third-order valence-corrected chi connectivity index (χ3v) is 3.54. The Morgan fingerprint density at radius 2 is 2.11 bits per heavy atom. The van der Waals surface area contributed by atoms with E-state index in [1.165, 1.54) is 0 Å². The molecule has 0 spiro atoms. The number of carboxylic acid groups (broad SMARTS) is 1. The number of nitrogens with one attached hydrogen (secondary N) is 1. The molecule has 0 saturated heterocycles. The van der Waals surface area contributed by atoms with Crippen LogP contribution in [-0.2, 0) is 16.1 Å². The number of amides is 1. The molecule has 6 heteroatoms. The molecule has 104 valence electrons. The van der Waals surface area contributed by atoms with Crippen molar-refractivity contribution in [3.63, 3.8) is 0 Å². The van der Waals surface area contributed by atoms with Crippen molar-refractivity contribution in [2.75, 3.05) is 0 Å². The number of carbonyl (C=O) groups is 2. The molecule has 1 heterocycles. The Hall–Kier alpha value is -1.85. The zero-order valence-electron chi connectivity index (χ0n) is 10.9. The highest BCUT2D eigenvalue weighted by Crippen LogP contribution is 2.30. The Labute approximate surface area is 111 Å². The van der Waals surface area contributed by atoms with Gasteiger partial charge in [0, 0.05) is 6.07 Å². The van der Waals surface area contributed by atoms with E-state index in [1.807, 2.05) is 0 Å². The number of nitrogens with zero attached hydrogens (tertiary/aromatic N) is 1. The van der Waals surface area contributed by atoms with E-state index in [9.17, 15) is 9.59 Å². The maximum atomic E-state index is 12.1. The van der Waals surface area contributed by atoms with Crippen LogP contribution in [0.5, 0.6) is 0 Å². The number of hydrogen-bond donors (Lipinski definition) is 2. The first-order valence-electron chi connectivity index (χ1n) is 6.50. The van der Waals surface area contributed by atoms with Gasteiger partial charge in [-0.15, -0.1) is 0 Å². The topological polar surface area (TPSA) is 92.4 Å². The van der Waals surface area contributed by atoms with Crippen molar-refractivity contribution in [3.8, 4) is 0 Å². The van der Waals surface area contributed by atoms with Gasteiger partial charge in [0.25, 0.3) is 0 Å². The van der Waals surface area contributed by atoms with Gasteiger partial charge in [0.15, 0.2) is 0 Å². The molecule has 0 aromatic carbocycles. The van der Waals surface area contributed by atoms with Crippen LogP contribution in [0.25, 0.3) is 0 Å². The lowest BCUT2D eigenvalue weighted by Crippen LogP contribution is -2.39. The molecule has 6 nitrogen and oxygen atoms in total. The van der Waals surface area contributed by atoms with E-state index in [4.69, 9.17) is 9.63 Å². The molecule has 0 radical (unpaired) electrons. The fourth-order valence-electron chi connectivity index (χ4n) is 2.55. The van der Waals surface area contributed by atoms with Crippen molar-refractivity contribution >= 4 is 11.9 Å². The SMILES string of the molecule is Cc1cc(CNC(=O)[C@@H]2CCCC[C@@H]2C(=O)O)no1. The molecule has 1 fully saturated rings. The van der Waals surface area contributed by atoms with Gasteiger partial charge in [0.05, 0.1) is 18.4 Å². The highest BCUT2D eigenvalue weighted by Gasteiger charge is 2.35. The van der Waals surface area contributed by atoms with Crippen LogP contribution in [0.15, 0.2) is 10.6 Å². The second kappa shape index (κ2) is 5.86. The van der Waals surface area contributed by atoms with Crippen LogP contribution >= 0.6 is 0 Å². The zero-order valence-corrected chi connectivity index (χ0v) is 10.9. The molecular weight excluding hydrogens is 248 g/mol. The minimum atomic E-state index is -0.878. The third-order valence-electron chi connectivity index (χ3n) is 3.54. The van der Waals surface area contributed by atoms with E-state index in [0.29, 0.717) is 24.3 Å². The molecular formula is C13H18N2O4. The number of hydrogen-bond acceptors (Lipinski definition) is 4. The largest absolute Gasteiger partial charge is 0.481 e. The van der Waals surface area contributed by atoms with Crippen LogP contribution in [0.3, 0.4) is 0 Å². The van der Waals surface area contributed by atoms with Crippen molar-refractivity contribution in [1.29, 1.82) is 0 Å². The lowest BCUT2D eigenvalue weighted by atomic mass is 9.79. The monoisotopic (exact) mass is 266 g/mol. The number of rotatable bonds is 4. The molecule has 2 N–H and O–H groups in total. The van der Waals surface area contributed by atoms with Crippen molar-refractivity contribution in [1.82, 2.24) is 10.5 Å². The Morgan fingerprint density at radius 3 is 2.68 bits per heavy atom. The summed E-state index contributed by atoms with van der Waals surface area (Å²) in [7, 11) is 0. The first-order chi connectivity index (χ1) is 9.08. The summed E-state index contributed by atoms with van der Waals surface area (Å²) >= 11 is 0. The molecule has 19 heavy (non-hydrogen) atoms. The minimum absolute atomic E-state index is 0.201. The average molecular weight is 266 g/mol. The standard InChI is InChI=1S/C13H18N2O4/c1-8-6-9(15-19-8)7-14-12(16)10-4-2-3-5-11(10)13(17)18/h6,10-11H,2-5,7H2,1H3,(H,14,16)(H,17,18)/t10-,11+/m1/s1. The smallest absolute Gasteiger partial charge is 0.307 e. The van der Waals surface area contributed by atoms with Gasteiger partial charge >= 0.3 is 5.97 Å². The summed E-state index contributed by atoms with van der Waals surface area (Å²) in [6.07, 6.45) is 3.01. The Bertz CT molecular complexity index is 469. The highest BCUT2D eigenvalue weighted by atomic mass is 16.5. The van der Waals surface area contributed by atoms with Crippen molar-refractivity contribution < 1.29 is 19.2 Å². The second-order valence-electron chi connectivity index (χ2n) is 4.98. The molecule has 1 aliphatic rings. The van der Waals surface area contributed by atoms with Gasteiger partial charge in [-0.3, -0.25) is 9.59 Å². The molecule has 0 aliphatic heterocycles. The second-order valence-corrected chi connectivity index (χ2v) is 4.98. The molecule has 1 aromatic heterocycles. The molecule has 1 aromatic rings. The highest BCUT2D eigenvalue weighted by molar-refractivity contribution is 5.84. The molecule has 1 amide bonds. The molecule has 2 atom stereocenters. The van der Waals surface area contributed by atoms with Crippen molar-refractivity contribution in [2.24, 2.45) is 11.8 Å². The first kappa shape index (κ1) is 13.6. The summed E-state index contributed by atoms with van der Waals surface area (Å²) in [6.45, 7) is 2.05. The Morgan fingerprint density at radius 1 is 1.42 bits per heavy atom. The predicted octanol–water partition coefficient (Wildman–Crippen LogP) is 1.49. The van der Waals surface area contributed by atoms with Crippen LogP contribution in [0, 0.1) is 18.8 Å². The Balaban J connectivity index is 1.92. The van der Waals surface area contributed by atoms with Crippen molar-refractivity contribution in [3.05, 3.63) is 17.5 Å². The molecule has 0 unspecified atom stereocenters. The number of aryl methyl sites for hydroxylation is 1. The van der Waals surface area contributed by atoms with Gasteiger partial charge in [-0.25, -0.2) is 0 Å². The van der Waals surface area contributed by atoms with E-state index in [1.54, 1.807) is 13.0 Å². The maximum absolute atomic E-state index is 12.1. The predicted molar refractivity (Wildman–Crippen MR) is 66.2 cm³/mol. The van der Waals surface area contributed by atoms with E-state index in [2.05, 4.69) is 10.5 Å². The summed E-state index contributed by atoms with van der Waals surface area (Å²) in [5, 5.41) is 15.7. The number of carboxylic acids is 1. The normalized spacial score (nSPS) is 23.0. The summed E-state index contributed by atoms with van der Waals surface area (Å²) < 4.78 is 4.91. The number of aromatic nitrogens is 1. The number of carbonyl (C=O) groups excluding carboxylic acids is 1. The quantitative estimate of drug-likeness (QED) is 0.861. The summed E-state index contributed by atoms with van der Waals surface area (Å²) in [5.74, 6) is -1.39. The van der Waals surface area contributed by atoms with E-state index >= 15 is 0 Å². The van der Waals surface area contributed by atoms with Crippen LogP contribution in [0.4, 0.5) is 0 Å². The summed E-state index contributed by atoms with van der Waals surface area (Å²) in [4.78, 5) is 23.2. The van der Waals surface area contributed by atoms with Crippen molar-refractivity contribution in [2.45, 2.75) is 39.2 Å². The fourth-order valence-corrected chi connectivity index (χ4v) is 2.55. The van der Waals surface area contributed by atoms with Gasteiger partial charge in [-0.2, -0.15) is 0 Å². The molecule has 1 aliphatic carbocycles. The third kappa shape index (κ3) is 3.33. The van der Waals surface area contributed by atoms with E-state index < -0.39 is 17.8 Å². The van der Waals surface area contributed by atoms with Crippen LogP contribution < -0.4 is 5.32 Å². The molecule has 2 rings (SSSR count). The minimum Gasteiger partial charge on any atom is -0.481 e. The molecule has 0 bridgehead atoms. The zero-order chi connectivity index (χ0) is 13.8. The van der Waals surface area contributed by atoms with Gasteiger partial charge in [0.1, 0.15) is 11.5 Å². The lowest BCUT2D eigenvalue weighted by molar-refractivity contribution is -0.148. The van der Waals surface area contributed by atoms with Gasteiger partial charge < -0.3 is 14.9 Å². The van der Waals surface area contributed by atoms with Gasteiger partial charge in [0.2, 0.25) is 5.91 Å². The summed E-state index contributed by atoms with van der Waals surface area (Å²) in [6, 6.07) is 1.75. The van der Waals surface area contributed by atoms with Crippen LogP contribution in [-0.4, -0.2) is 22.1 Å².